The van der Waals surface area contributed by atoms with Crippen LogP contribution in [0.1, 0.15) is 62.8 Å². The Morgan fingerprint density at radius 3 is 1.44 bits per heavy atom. The second kappa shape index (κ2) is 9.02. The summed E-state index contributed by atoms with van der Waals surface area (Å²) >= 11 is 0. The molecule has 2 heterocycles. The first-order valence-corrected chi connectivity index (χ1v) is 9.90. The molecule has 0 atom stereocenters. The van der Waals surface area contributed by atoms with Crippen molar-refractivity contribution in [2.45, 2.75) is 57.3 Å². The van der Waals surface area contributed by atoms with Crippen LogP contribution in [0.4, 0.5) is 0 Å². The maximum Gasteiger partial charge on any atom is 0.239 e. The summed E-state index contributed by atoms with van der Waals surface area (Å²) < 4.78 is 0. The van der Waals surface area contributed by atoms with E-state index in [0.717, 1.165) is 57.4 Å². The zero-order valence-corrected chi connectivity index (χ0v) is 15.2. The summed E-state index contributed by atoms with van der Waals surface area (Å²) in [6.45, 7) is 3.15. The van der Waals surface area contributed by atoms with Crippen LogP contribution in [0.5, 0.6) is 0 Å². The lowest BCUT2D eigenvalue weighted by molar-refractivity contribution is -0.143. The molecule has 2 amide bonds. The van der Waals surface area contributed by atoms with E-state index in [-0.39, 0.29) is 11.8 Å². The van der Waals surface area contributed by atoms with Gasteiger partial charge in [0.05, 0.1) is 0 Å². The van der Waals surface area contributed by atoms with E-state index in [9.17, 15) is 9.59 Å². The number of hydrogen-bond donors (Lipinski definition) is 0. The van der Waals surface area contributed by atoms with Crippen LogP contribution in [0.15, 0.2) is 30.3 Å². The zero-order valence-electron chi connectivity index (χ0n) is 15.2. The highest BCUT2D eigenvalue weighted by molar-refractivity contribution is 6.05. The first-order valence-electron chi connectivity index (χ1n) is 9.90. The van der Waals surface area contributed by atoms with Crippen molar-refractivity contribution >= 4 is 11.8 Å². The van der Waals surface area contributed by atoms with Crippen molar-refractivity contribution in [3.63, 3.8) is 0 Å². The molecule has 0 N–H and O–H groups in total. The molecule has 0 aromatic heterocycles. The van der Waals surface area contributed by atoms with Crippen LogP contribution in [0.25, 0.3) is 0 Å². The average Bonchev–Trinajstić information content (AvgIpc) is 3.08. The molecule has 0 unspecified atom stereocenters. The summed E-state index contributed by atoms with van der Waals surface area (Å²) in [4.78, 5) is 30.5. The first kappa shape index (κ1) is 18.0. The molecule has 3 rings (SSSR count). The van der Waals surface area contributed by atoms with Crippen LogP contribution in [0.2, 0.25) is 0 Å². The van der Waals surface area contributed by atoms with Gasteiger partial charge in [-0.25, -0.2) is 0 Å². The SMILES string of the molecule is O=C(C(C(=O)N1CCCCCC1)c1ccccc1)N1CCCCCC1. The van der Waals surface area contributed by atoms with Gasteiger partial charge in [0.25, 0.3) is 0 Å². The van der Waals surface area contributed by atoms with Gasteiger partial charge in [0.15, 0.2) is 0 Å². The summed E-state index contributed by atoms with van der Waals surface area (Å²) in [6, 6.07) is 9.64. The van der Waals surface area contributed by atoms with E-state index in [1.807, 2.05) is 40.1 Å². The van der Waals surface area contributed by atoms with Crippen LogP contribution in [-0.4, -0.2) is 47.8 Å². The number of rotatable bonds is 3. The van der Waals surface area contributed by atoms with Crippen LogP contribution in [0, 0.1) is 0 Å². The predicted molar refractivity (Wildman–Crippen MR) is 99.3 cm³/mol. The average molecular weight is 342 g/mol. The topological polar surface area (TPSA) is 40.6 Å². The summed E-state index contributed by atoms with van der Waals surface area (Å²) in [6.07, 6.45) is 8.91. The Bertz CT molecular complexity index is 525. The molecule has 136 valence electrons. The second-order valence-corrected chi connectivity index (χ2v) is 7.32. The van der Waals surface area contributed by atoms with Gasteiger partial charge in [-0.15, -0.1) is 0 Å². The largest absolute Gasteiger partial charge is 0.342 e. The van der Waals surface area contributed by atoms with Crippen molar-refractivity contribution in [3.05, 3.63) is 35.9 Å². The summed E-state index contributed by atoms with van der Waals surface area (Å²) in [5, 5.41) is 0. The molecule has 2 aliphatic rings. The maximum atomic E-state index is 13.3. The lowest BCUT2D eigenvalue weighted by Gasteiger charge is -2.30. The highest BCUT2D eigenvalue weighted by Gasteiger charge is 2.35. The standard InChI is InChI=1S/C21H30N2O2/c24-20(22-14-8-1-2-9-15-22)19(18-12-6-5-7-13-18)21(25)23-16-10-3-4-11-17-23/h5-7,12-13,19H,1-4,8-11,14-17H2. The summed E-state index contributed by atoms with van der Waals surface area (Å²) in [5.41, 5.74) is 0.839. The van der Waals surface area contributed by atoms with Crippen molar-refractivity contribution in [1.29, 1.82) is 0 Å². The van der Waals surface area contributed by atoms with E-state index in [1.165, 1.54) is 25.7 Å². The molecule has 1 aromatic rings. The van der Waals surface area contributed by atoms with Crippen LogP contribution >= 0.6 is 0 Å². The van der Waals surface area contributed by atoms with Crippen LogP contribution < -0.4 is 0 Å². The third kappa shape index (κ3) is 4.62. The minimum absolute atomic E-state index is 0.00217. The third-order valence-corrected chi connectivity index (χ3v) is 5.46. The molecule has 0 bridgehead atoms. The fraction of sp³-hybridized carbons (Fsp3) is 0.619. The molecule has 0 aliphatic carbocycles. The molecule has 25 heavy (non-hydrogen) atoms. The van der Waals surface area contributed by atoms with Gasteiger partial charge in [-0.3, -0.25) is 9.59 Å². The first-order chi connectivity index (χ1) is 12.3. The van der Waals surface area contributed by atoms with Gasteiger partial charge in [-0.1, -0.05) is 56.0 Å². The quantitative estimate of drug-likeness (QED) is 0.788. The normalized spacial score (nSPS) is 19.4. The number of hydrogen-bond acceptors (Lipinski definition) is 2. The molecule has 0 spiro atoms. The number of amides is 2. The molecule has 2 saturated heterocycles. The van der Waals surface area contributed by atoms with E-state index in [4.69, 9.17) is 0 Å². The van der Waals surface area contributed by atoms with E-state index in [2.05, 4.69) is 0 Å². The molecule has 0 saturated carbocycles. The van der Waals surface area contributed by atoms with Gasteiger partial charge >= 0.3 is 0 Å². The van der Waals surface area contributed by atoms with Crippen molar-refractivity contribution < 1.29 is 9.59 Å². The van der Waals surface area contributed by atoms with Crippen molar-refractivity contribution in [2.24, 2.45) is 0 Å². The number of benzene rings is 1. The minimum Gasteiger partial charge on any atom is -0.342 e. The predicted octanol–water partition coefficient (Wildman–Crippen LogP) is 3.58. The zero-order chi connectivity index (χ0) is 17.5. The van der Waals surface area contributed by atoms with E-state index < -0.39 is 5.92 Å². The van der Waals surface area contributed by atoms with E-state index >= 15 is 0 Å². The molecule has 4 heteroatoms. The van der Waals surface area contributed by atoms with Crippen molar-refractivity contribution in [1.82, 2.24) is 9.80 Å². The molecule has 2 fully saturated rings. The highest BCUT2D eigenvalue weighted by Crippen LogP contribution is 2.25. The van der Waals surface area contributed by atoms with Crippen LogP contribution in [0.3, 0.4) is 0 Å². The molecule has 4 nitrogen and oxygen atoms in total. The monoisotopic (exact) mass is 342 g/mol. The van der Waals surface area contributed by atoms with Crippen molar-refractivity contribution in [3.8, 4) is 0 Å². The second-order valence-electron chi connectivity index (χ2n) is 7.32. The van der Waals surface area contributed by atoms with Gasteiger partial charge in [-0.05, 0) is 31.2 Å². The van der Waals surface area contributed by atoms with Gasteiger partial charge in [-0.2, -0.15) is 0 Å². The minimum atomic E-state index is -0.669. The Labute approximate surface area is 151 Å². The smallest absolute Gasteiger partial charge is 0.239 e. The van der Waals surface area contributed by atoms with Crippen molar-refractivity contribution in [2.75, 3.05) is 26.2 Å². The van der Waals surface area contributed by atoms with Gasteiger partial charge in [0.1, 0.15) is 5.92 Å². The van der Waals surface area contributed by atoms with Crippen LogP contribution in [-0.2, 0) is 9.59 Å². The lowest BCUT2D eigenvalue weighted by Crippen LogP contribution is -2.44. The Kier molecular flexibility index (Phi) is 6.48. The molecular formula is C21H30N2O2. The maximum absolute atomic E-state index is 13.3. The lowest BCUT2D eigenvalue weighted by atomic mass is 9.95. The molecule has 0 radical (unpaired) electrons. The van der Waals surface area contributed by atoms with Gasteiger partial charge in [0, 0.05) is 26.2 Å². The van der Waals surface area contributed by atoms with Gasteiger partial charge < -0.3 is 9.80 Å². The van der Waals surface area contributed by atoms with E-state index in [0.29, 0.717) is 0 Å². The molecule has 1 aromatic carbocycles. The molecule has 2 aliphatic heterocycles. The number of carbonyl (C=O) groups is 2. The fourth-order valence-electron chi connectivity index (χ4n) is 3.98. The third-order valence-electron chi connectivity index (χ3n) is 5.46. The highest BCUT2D eigenvalue weighted by atomic mass is 16.2. The van der Waals surface area contributed by atoms with E-state index in [1.54, 1.807) is 0 Å². The summed E-state index contributed by atoms with van der Waals surface area (Å²) in [5.74, 6) is -0.665. The Morgan fingerprint density at radius 2 is 1.04 bits per heavy atom. The molecular weight excluding hydrogens is 312 g/mol. The number of carbonyl (C=O) groups excluding carboxylic acids is 2. The Balaban J connectivity index is 1.83. The summed E-state index contributed by atoms with van der Waals surface area (Å²) in [7, 11) is 0. The Morgan fingerprint density at radius 1 is 0.640 bits per heavy atom. The van der Waals surface area contributed by atoms with Gasteiger partial charge in [0.2, 0.25) is 11.8 Å². The fourth-order valence-corrected chi connectivity index (χ4v) is 3.98. The number of nitrogens with zero attached hydrogens (tertiary/aromatic N) is 2. The Hall–Kier alpha value is -1.84. The number of likely N-dealkylation sites (tertiary alicyclic amines) is 2.